The zero-order valence-corrected chi connectivity index (χ0v) is 4.74. The van der Waals surface area contributed by atoms with E-state index >= 15 is 0 Å². The first kappa shape index (κ1) is 5.40. The van der Waals surface area contributed by atoms with Gasteiger partial charge in [0, 0.05) is 8.39 Å². The average Bonchev–Trinajstić information content (AvgIpc) is 1.41. The number of rotatable bonds is 1. The van der Waals surface area contributed by atoms with E-state index in [0.29, 0.717) is 0 Å². The highest BCUT2D eigenvalue weighted by Gasteiger charge is 1.45. The van der Waals surface area contributed by atoms with Gasteiger partial charge in [-0.1, -0.05) is 0 Å². The second-order valence-corrected chi connectivity index (χ2v) is 0.348. The fourth-order valence-electron chi connectivity index (χ4n) is 0. The molecule has 0 spiro atoms. The molecule has 0 heterocycles. The molecule has 0 aromatic rings. The van der Waals surface area contributed by atoms with Gasteiger partial charge in [0.1, 0.15) is 0 Å². The van der Waals surface area contributed by atoms with Gasteiger partial charge in [0.2, 0.25) is 0 Å². The highest BCUT2D eigenvalue weighted by molar-refractivity contribution is 8.93. The van der Waals surface area contributed by atoms with Crippen LogP contribution >= 0.6 is 17.0 Å². The van der Waals surface area contributed by atoms with E-state index in [9.17, 15) is 0 Å². The summed E-state index contributed by atoms with van der Waals surface area (Å²) in [7, 11) is 1.60. The lowest BCUT2D eigenvalue weighted by atomic mass is 11.5. The summed E-state index contributed by atoms with van der Waals surface area (Å²) in [5.41, 5.74) is 2.28. The molecule has 0 radical (unpaired) electrons. The first-order valence-corrected chi connectivity index (χ1v) is 0.966. The monoisotopic (exact) mass is 142 g/mol. The summed E-state index contributed by atoms with van der Waals surface area (Å²) >= 11 is 0. The molecule has 0 saturated carbocycles. The fraction of sp³-hybridized carbons (Fsp3) is 1.00. The maximum Gasteiger partial charge on any atom is 0.0572 e. The largest absolute Gasteiger partial charge is 0.305 e. The zero-order valence-electron chi connectivity index (χ0n) is 4.02. The predicted molar refractivity (Wildman–Crippen MR) is 26.4 cm³/mol. The molecule has 3 heteroatoms. The topological polar surface area (TPSA) is 21.3 Å². The van der Waals surface area contributed by atoms with Gasteiger partial charge in [-0.15, -0.1) is 17.0 Å². The molecule has 1 N–H and O–H groups in total. The molecule has 34 valence electrons. The van der Waals surface area contributed by atoms with E-state index < -0.39 is 0 Å². The molecular formula is C2H8BrNO. The maximum atomic E-state index is 6.37. The normalized spacial score (nSPS) is 8.60. The minimum Gasteiger partial charge on any atom is -0.305 e. The Hall–Kier alpha value is 0.400. The number of halogens is 1. The number of hydrogen-bond donors (Lipinski definition) is 1. The summed E-state index contributed by atoms with van der Waals surface area (Å²) in [5.74, 6) is 0. The van der Waals surface area contributed by atoms with Crippen molar-refractivity contribution in [2.24, 2.45) is 0 Å². The van der Waals surface area contributed by atoms with Gasteiger partial charge >= 0.3 is 0 Å². The quantitative estimate of drug-likeness (QED) is 0.534. The molecule has 0 amide bonds. The molecule has 0 rings (SSSR count). The summed E-state index contributed by atoms with van der Waals surface area (Å²) in [6.45, 7) is 0. The number of nitrogens with one attached hydrogen (secondary N) is 1. The zero-order chi connectivity index (χ0) is 4.12. The predicted octanol–water partition coefficient (Wildman–Crippen LogP) is 0.345. The molecular weight excluding hydrogens is 134 g/mol. The van der Waals surface area contributed by atoms with Crippen LogP contribution in [0.1, 0.15) is 1.37 Å². The maximum absolute atomic E-state index is 6.37. The summed E-state index contributed by atoms with van der Waals surface area (Å²) in [6.07, 6.45) is 0. The van der Waals surface area contributed by atoms with Crippen LogP contribution in [-0.4, -0.2) is 14.1 Å². The van der Waals surface area contributed by atoms with Crippen molar-refractivity contribution in [1.82, 2.24) is 5.48 Å². The van der Waals surface area contributed by atoms with Gasteiger partial charge < -0.3 is 4.84 Å². The third-order valence-electron chi connectivity index (χ3n) is 0.144. The molecule has 0 aliphatic carbocycles. The van der Waals surface area contributed by atoms with Crippen LogP contribution in [0.3, 0.4) is 0 Å². The van der Waals surface area contributed by atoms with E-state index in [0.717, 1.165) is 0 Å². The summed E-state index contributed by atoms with van der Waals surface area (Å²) in [5, 5.41) is 0. The third-order valence-corrected chi connectivity index (χ3v) is 0.144. The van der Waals surface area contributed by atoms with Gasteiger partial charge in [-0.2, -0.15) is 0 Å². The van der Waals surface area contributed by atoms with Crippen molar-refractivity contribution in [2.45, 2.75) is 0 Å². The third kappa shape index (κ3) is 12.9. The van der Waals surface area contributed by atoms with Gasteiger partial charge in [-0.25, -0.2) is 5.48 Å². The number of hydrogen-bond acceptors (Lipinski definition) is 2. The molecule has 0 aromatic carbocycles. The van der Waals surface area contributed by atoms with Crippen LogP contribution in [-0.2, 0) is 4.84 Å². The van der Waals surface area contributed by atoms with Crippen LogP contribution < -0.4 is 5.48 Å². The average molecular weight is 143 g/mol. The fourth-order valence-corrected chi connectivity index (χ4v) is 0. The van der Waals surface area contributed by atoms with E-state index in [1.54, 1.807) is 0 Å². The highest BCUT2D eigenvalue weighted by Crippen LogP contribution is 1.32. The second kappa shape index (κ2) is 8.83. The van der Waals surface area contributed by atoms with Crippen LogP contribution in [0.4, 0.5) is 0 Å². The number of hydroxylamine groups is 1. The minimum atomic E-state index is 0. The Morgan fingerprint density at radius 2 is 2.60 bits per heavy atom. The van der Waals surface area contributed by atoms with Crippen LogP contribution in [0.15, 0.2) is 0 Å². The summed E-state index contributed by atoms with van der Waals surface area (Å²) in [4.78, 5) is 4.25. The van der Waals surface area contributed by atoms with Crippen molar-refractivity contribution in [3.8, 4) is 0 Å². The van der Waals surface area contributed by atoms with Crippen LogP contribution in [0.5, 0.6) is 0 Å². The molecule has 0 fully saturated rings. The Kier molecular flexibility index (Phi) is 9.54. The van der Waals surface area contributed by atoms with E-state index in [1.165, 1.54) is 7.11 Å². The van der Waals surface area contributed by atoms with E-state index in [1.807, 2.05) is 0 Å². The Morgan fingerprint density at radius 1 is 2.00 bits per heavy atom. The molecule has 0 bridgehead atoms. The molecule has 2 nitrogen and oxygen atoms in total. The van der Waals surface area contributed by atoms with E-state index in [-0.39, 0.29) is 24.0 Å². The van der Waals surface area contributed by atoms with E-state index in [4.69, 9.17) is 1.37 Å². The van der Waals surface area contributed by atoms with Crippen molar-refractivity contribution >= 4 is 17.0 Å². The standard InChI is InChI=1S/C2H7NO.BrH/c1-3-4-2;/h3H,1-2H3;1H/i1D;. The molecule has 0 aromatic heterocycles. The Balaban J connectivity index is 0. The van der Waals surface area contributed by atoms with Gasteiger partial charge in [0.15, 0.2) is 0 Å². The molecule has 0 aliphatic heterocycles. The SMILES string of the molecule is Br.[2H]CNOC. The lowest BCUT2D eigenvalue weighted by Gasteiger charge is -1.80. The van der Waals surface area contributed by atoms with Gasteiger partial charge in [-0.3, -0.25) is 0 Å². The highest BCUT2D eigenvalue weighted by atomic mass is 79.9. The van der Waals surface area contributed by atoms with Gasteiger partial charge in [0.05, 0.1) is 7.11 Å². The van der Waals surface area contributed by atoms with Crippen molar-refractivity contribution in [3.63, 3.8) is 0 Å². The van der Waals surface area contributed by atoms with Crippen LogP contribution in [0, 0.1) is 0 Å². The minimum absolute atomic E-state index is 0. The van der Waals surface area contributed by atoms with Crippen molar-refractivity contribution in [1.29, 1.82) is 0 Å². The Bertz CT molecular complexity index is 21.0. The lowest BCUT2D eigenvalue weighted by molar-refractivity contribution is 0.112. The molecule has 0 atom stereocenters. The first-order valence-electron chi connectivity index (χ1n) is 1.67. The van der Waals surface area contributed by atoms with Gasteiger partial charge in [0.25, 0.3) is 0 Å². The van der Waals surface area contributed by atoms with Crippen molar-refractivity contribution in [2.75, 3.05) is 14.1 Å². The molecule has 0 saturated heterocycles. The summed E-state index contributed by atoms with van der Waals surface area (Å²) in [6, 6.07) is 0. The second-order valence-electron chi connectivity index (χ2n) is 0.348. The van der Waals surface area contributed by atoms with Crippen molar-refractivity contribution < 1.29 is 6.21 Å². The van der Waals surface area contributed by atoms with Crippen LogP contribution in [0.2, 0.25) is 0 Å². The van der Waals surface area contributed by atoms with Crippen LogP contribution in [0.25, 0.3) is 0 Å². The molecule has 0 aliphatic rings. The summed E-state index contributed by atoms with van der Waals surface area (Å²) < 4.78 is 6.37. The molecule has 5 heavy (non-hydrogen) atoms. The smallest absolute Gasteiger partial charge is 0.0572 e. The molecule has 0 unspecified atom stereocenters. The first-order chi connectivity index (χ1) is 2.41. The Labute approximate surface area is 43.6 Å². The Morgan fingerprint density at radius 3 is 2.60 bits per heavy atom. The van der Waals surface area contributed by atoms with Gasteiger partial charge in [-0.05, 0) is 0 Å². The van der Waals surface area contributed by atoms with Crippen molar-refractivity contribution in [3.05, 3.63) is 0 Å². The lowest BCUT2D eigenvalue weighted by Crippen LogP contribution is -2.00. The van der Waals surface area contributed by atoms with E-state index in [2.05, 4.69) is 10.3 Å².